The van der Waals surface area contributed by atoms with Crippen LogP contribution in [-0.4, -0.2) is 57.4 Å². The minimum absolute atomic E-state index is 0.138. The number of carbonyl (C=O) groups excluding carboxylic acids is 1. The molecule has 160 valence electrons. The average Bonchev–Trinajstić information content (AvgIpc) is 3.00. The van der Waals surface area contributed by atoms with Crippen molar-refractivity contribution in [2.75, 3.05) is 26.2 Å². The summed E-state index contributed by atoms with van der Waals surface area (Å²) in [6.45, 7) is 6.29. The molecule has 0 amide bonds. The van der Waals surface area contributed by atoms with Crippen LogP contribution in [0.15, 0.2) is 62.9 Å². The van der Waals surface area contributed by atoms with Gasteiger partial charge in [-0.3, -0.25) is 9.71 Å². The highest BCUT2D eigenvalue weighted by atomic mass is 79.9. The van der Waals surface area contributed by atoms with E-state index >= 15 is 0 Å². The van der Waals surface area contributed by atoms with Gasteiger partial charge in [0.05, 0.1) is 17.0 Å². The van der Waals surface area contributed by atoms with Gasteiger partial charge >= 0.3 is 5.97 Å². The Kier molecular flexibility index (Phi) is 7.27. The summed E-state index contributed by atoms with van der Waals surface area (Å²) in [6.07, 6.45) is -0.533. The third-order valence-corrected chi connectivity index (χ3v) is 6.93. The van der Waals surface area contributed by atoms with Crippen LogP contribution in [0.2, 0.25) is 0 Å². The van der Waals surface area contributed by atoms with Crippen LogP contribution in [0.4, 0.5) is 0 Å². The summed E-state index contributed by atoms with van der Waals surface area (Å²) in [7, 11) is -3.61. The number of aliphatic imine (C=N–C) groups is 1. The van der Waals surface area contributed by atoms with Crippen molar-refractivity contribution in [1.29, 1.82) is 0 Å². The van der Waals surface area contributed by atoms with Gasteiger partial charge in [-0.25, -0.2) is 13.2 Å². The molecule has 0 saturated heterocycles. The fourth-order valence-corrected chi connectivity index (χ4v) is 4.89. The number of fused-ring (bicyclic) bond motifs is 1. The SMILES string of the molecule is CCN(CC)C[C@@H](CN=C1NS(=O)(=O)c2ccccc21)OC(=O)c1ccccc1Br. The maximum atomic E-state index is 12.7. The number of esters is 1. The third kappa shape index (κ3) is 5.08. The Bertz CT molecular complexity index is 1050. The van der Waals surface area contributed by atoms with Gasteiger partial charge in [0.15, 0.2) is 0 Å². The molecule has 1 heterocycles. The van der Waals surface area contributed by atoms with Crippen LogP contribution in [-0.2, 0) is 14.8 Å². The first-order chi connectivity index (χ1) is 14.4. The van der Waals surface area contributed by atoms with Crippen LogP contribution in [0.5, 0.6) is 0 Å². The first kappa shape index (κ1) is 22.5. The van der Waals surface area contributed by atoms with E-state index in [0.717, 1.165) is 13.1 Å². The number of carbonyl (C=O) groups is 1. The molecular weight excluding hydrogens is 470 g/mol. The molecule has 0 saturated carbocycles. The quantitative estimate of drug-likeness (QED) is 0.570. The number of nitrogens with zero attached hydrogens (tertiary/aromatic N) is 2. The molecule has 1 N–H and O–H groups in total. The van der Waals surface area contributed by atoms with E-state index in [-0.39, 0.29) is 17.3 Å². The van der Waals surface area contributed by atoms with Gasteiger partial charge < -0.3 is 9.64 Å². The van der Waals surface area contributed by atoms with Crippen LogP contribution in [0.3, 0.4) is 0 Å². The smallest absolute Gasteiger partial charge is 0.339 e. The second kappa shape index (κ2) is 9.72. The van der Waals surface area contributed by atoms with Gasteiger partial charge in [-0.15, -0.1) is 0 Å². The summed E-state index contributed by atoms with van der Waals surface area (Å²) in [5.41, 5.74) is 0.956. The summed E-state index contributed by atoms with van der Waals surface area (Å²) >= 11 is 3.37. The number of hydrogen-bond acceptors (Lipinski definition) is 6. The Balaban J connectivity index is 1.82. The Morgan fingerprint density at radius 2 is 1.80 bits per heavy atom. The normalized spacial score (nSPS) is 16.9. The van der Waals surface area contributed by atoms with Gasteiger partial charge in [0.2, 0.25) is 0 Å². The summed E-state index contributed by atoms with van der Waals surface area (Å²) in [4.78, 5) is 19.5. The van der Waals surface area contributed by atoms with Gasteiger partial charge in [-0.1, -0.05) is 38.1 Å². The van der Waals surface area contributed by atoms with Gasteiger partial charge in [0.25, 0.3) is 10.0 Å². The number of nitrogens with one attached hydrogen (secondary N) is 1. The molecule has 0 bridgehead atoms. The maximum Gasteiger partial charge on any atom is 0.339 e. The molecule has 2 aromatic carbocycles. The summed E-state index contributed by atoms with van der Waals surface area (Å²) < 4.78 is 33.5. The molecule has 7 nitrogen and oxygen atoms in total. The zero-order valence-electron chi connectivity index (χ0n) is 16.8. The zero-order chi connectivity index (χ0) is 21.7. The second-order valence-electron chi connectivity index (χ2n) is 6.78. The number of halogens is 1. The molecule has 1 aliphatic rings. The van der Waals surface area contributed by atoms with Crippen LogP contribution >= 0.6 is 15.9 Å². The number of ether oxygens (including phenoxy) is 1. The van der Waals surface area contributed by atoms with Gasteiger partial charge in [-0.05, 0) is 53.3 Å². The molecule has 0 spiro atoms. The van der Waals surface area contributed by atoms with E-state index in [1.54, 1.807) is 42.5 Å². The Morgan fingerprint density at radius 1 is 1.13 bits per heavy atom. The van der Waals surface area contributed by atoms with E-state index in [4.69, 9.17) is 4.74 Å². The standard InChI is InChI=1S/C21H24BrN3O4S/c1-3-25(4-2)14-15(29-21(26)16-9-5-7-11-18(16)22)13-23-20-17-10-6-8-12-19(17)30(27,28)24-20/h5-12,15H,3-4,13-14H2,1-2H3,(H,23,24)/t15-/m1/s1. The lowest BCUT2D eigenvalue weighted by Gasteiger charge is -2.24. The third-order valence-electron chi connectivity index (χ3n) is 4.84. The fourth-order valence-electron chi connectivity index (χ4n) is 3.19. The minimum atomic E-state index is -3.61. The highest BCUT2D eigenvalue weighted by molar-refractivity contribution is 9.10. The maximum absolute atomic E-state index is 12.7. The molecule has 0 unspecified atom stereocenters. The Labute approximate surface area is 185 Å². The van der Waals surface area contributed by atoms with E-state index in [9.17, 15) is 13.2 Å². The van der Waals surface area contributed by atoms with Crippen molar-refractivity contribution >= 4 is 37.8 Å². The van der Waals surface area contributed by atoms with E-state index in [1.165, 1.54) is 0 Å². The second-order valence-corrected chi connectivity index (χ2v) is 9.29. The van der Waals surface area contributed by atoms with Crippen LogP contribution < -0.4 is 4.72 Å². The van der Waals surface area contributed by atoms with Crippen LogP contribution in [0.25, 0.3) is 0 Å². The number of benzene rings is 2. The Hall–Kier alpha value is -2.23. The van der Waals surface area contributed by atoms with Gasteiger partial charge in [-0.2, -0.15) is 0 Å². The predicted octanol–water partition coefficient (Wildman–Crippen LogP) is 3.06. The predicted molar refractivity (Wildman–Crippen MR) is 119 cm³/mol. The molecule has 0 aliphatic carbocycles. The van der Waals surface area contributed by atoms with Crippen LogP contribution in [0.1, 0.15) is 29.8 Å². The minimum Gasteiger partial charge on any atom is -0.455 e. The van der Waals surface area contributed by atoms with Gasteiger partial charge in [0.1, 0.15) is 11.9 Å². The highest BCUT2D eigenvalue weighted by Gasteiger charge is 2.30. The lowest BCUT2D eigenvalue weighted by atomic mass is 10.2. The highest BCUT2D eigenvalue weighted by Crippen LogP contribution is 2.22. The van der Waals surface area contributed by atoms with E-state index < -0.39 is 22.1 Å². The first-order valence-corrected chi connectivity index (χ1v) is 12.0. The van der Waals surface area contributed by atoms with Crippen molar-refractivity contribution in [3.05, 3.63) is 64.1 Å². The molecule has 9 heteroatoms. The first-order valence-electron chi connectivity index (χ1n) is 9.70. The molecule has 3 rings (SSSR count). The monoisotopic (exact) mass is 493 g/mol. The number of likely N-dealkylation sites (N-methyl/N-ethyl adjacent to an activating group) is 1. The molecule has 0 aromatic heterocycles. The van der Waals surface area contributed by atoms with E-state index in [2.05, 4.69) is 30.5 Å². The average molecular weight is 494 g/mol. The Morgan fingerprint density at radius 3 is 2.50 bits per heavy atom. The fraction of sp³-hybridized carbons (Fsp3) is 0.333. The van der Waals surface area contributed by atoms with Crippen molar-refractivity contribution < 1.29 is 17.9 Å². The van der Waals surface area contributed by atoms with Crippen molar-refractivity contribution in [1.82, 2.24) is 9.62 Å². The molecule has 0 radical (unpaired) electrons. The lowest BCUT2D eigenvalue weighted by molar-refractivity contribution is 0.0235. The molecule has 1 atom stereocenters. The topological polar surface area (TPSA) is 88.1 Å². The lowest BCUT2D eigenvalue weighted by Crippen LogP contribution is -2.37. The number of sulfonamides is 1. The van der Waals surface area contributed by atoms with Crippen molar-refractivity contribution in [2.24, 2.45) is 4.99 Å². The van der Waals surface area contributed by atoms with E-state index in [1.807, 2.05) is 19.9 Å². The van der Waals surface area contributed by atoms with Crippen molar-refractivity contribution in [2.45, 2.75) is 24.8 Å². The number of rotatable bonds is 8. The number of hydrogen-bond donors (Lipinski definition) is 1. The molecule has 2 aromatic rings. The van der Waals surface area contributed by atoms with E-state index in [0.29, 0.717) is 22.1 Å². The molecule has 30 heavy (non-hydrogen) atoms. The van der Waals surface area contributed by atoms with Crippen molar-refractivity contribution in [3.8, 4) is 0 Å². The molecular formula is C21H24BrN3O4S. The summed E-state index contributed by atoms with van der Waals surface area (Å²) in [6, 6.07) is 13.7. The van der Waals surface area contributed by atoms with Crippen molar-refractivity contribution in [3.63, 3.8) is 0 Å². The molecule has 0 fully saturated rings. The van der Waals surface area contributed by atoms with Gasteiger partial charge in [0, 0.05) is 16.6 Å². The zero-order valence-corrected chi connectivity index (χ0v) is 19.2. The summed E-state index contributed by atoms with van der Waals surface area (Å²) in [5, 5.41) is 0. The molecule has 1 aliphatic heterocycles. The number of amidine groups is 1. The largest absolute Gasteiger partial charge is 0.455 e. The van der Waals surface area contributed by atoms with Crippen LogP contribution in [0, 0.1) is 0 Å². The summed E-state index contributed by atoms with van der Waals surface area (Å²) in [5.74, 6) is -0.181.